The first-order chi connectivity index (χ1) is 7.69. The van der Waals surface area contributed by atoms with Crippen molar-refractivity contribution in [3.63, 3.8) is 0 Å². The third-order valence-electron chi connectivity index (χ3n) is 2.26. The normalized spacial score (nSPS) is 12.5. The van der Waals surface area contributed by atoms with Crippen LogP contribution in [-0.2, 0) is 6.54 Å². The molecule has 0 saturated heterocycles. The van der Waals surface area contributed by atoms with Crippen molar-refractivity contribution >= 4 is 11.6 Å². The average molecular weight is 244 g/mol. The van der Waals surface area contributed by atoms with Gasteiger partial charge in [0.1, 0.15) is 5.75 Å². The molecule has 0 aliphatic heterocycles. The zero-order valence-corrected chi connectivity index (χ0v) is 10.4. The van der Waals surface area contributed by atoms with E-state index in [1.165, 1.54) is 0 Å². The van der Waals surface area contributed by atoms with Crippen molar-refractivity contribution in [1.82, 2.24) is 5.32 Å². The van der Waals surface area contributed by atoms with Gasteiger partial charge in [0.05, 0.1) is 6.61 Å². The van der Waals surface area contributed by atoms with Crippen LogP contribution in [0, 0.1) is 5.92 Å². The van der Waals surface area contributed by atoms with Crippen molar-refractivity contribution in [2.24, 2.45) is 5.92 Å². The molecule has 0 aliphatic carbocycles. The zero-order valence-electron chi connectivity index (χ0n) is 9.66. The first kappa shape index (κ1) is 13.3. The standard InChI is InChI=1S/C12H18ClNO2/c1-9(7-15)8-16-12-5-3-4-11(13)10(12)6-14-2/h3-5,9,14-15H,6-8H2,1-2H3. The molecular formula is C12H18ClNO2. The number of benzene rings is 1. The molecule has 90 valence electrons. The first-order valence-corrected chi connectivity index (χ1v) is 5.72. The average Bonchev–Trinajstić information content (AvgIpc) is 2.29. The van der Waals surface area contributed by atoms with Gasteiger partial charge in [0.15, 0.2) is 0 Å². The van der Waals surface area contributed by atoms with Gasteiger partial charge in [0, 0.05) is 29.7 Å². The largest absolute Gasteiger partial charge is 0.493 e. The second-order valence-electron chi connectivity index (χ2n) is 3.85. The maximum atomic E-state index is 8.92. The second kappa shape index (κ2) is 6.74. The van der Waals surface area contributed by atoms with Gasteiger partial charge in [-0.1, -0.05) is 24.6 Å². The molecule has 1 rings (SSSR count). The Morgan fingerprint density at radius 2 is 2.25 bits per heavy atom. The first-order valence-electron chi connectivity index (χ1n) is 5.34. The Bertz CT molecular complexity index is 331. The van der Waals surface area contributed by atoms with Crippen molar-refractivity contribution in [3.8, 4) is 5.75 Å². The van der Waals surface area contributed by atoms with E-state index >= 15 is 0 Å². The van der Waals surface area contributed by atoms with Gasteiger partial charge in [-0.2, -0.15) is 0 Å². The Balaban J connectivity index is 2.74. The number of rotatable bonds is 6. The maximum Gasteiger partial charge on any atom is 0.125 e. The smallest absolute Gasteiger partial charge is 0.125 e. The lowest BCUT2D eigenvalue weighted by molar-refractivity contribution is 0.173. The number of hydrogen-bond acceptors (Lipinski definition) is 3. The number of nitrogens with one attached hydrogen (secondary N) is 1. The molecule has 0 amide bonds. The summed E-state index contributed by atoms with van der Waals surface area (Å²) in [4.78, 5) is 0. The molecule has 0 aromatic heterocycles. The molecule has 4 heteroatoms. The fraction of sp³-hybridized carbons (Fsp3) is 0.500. The van der Waals surface area contributed by atoms with E-state index in [0.29, 0.717) is 18.2 Å². The maximum absolute atomic E-state index is 8.92. The molecule has 0 spiro atoms. The Morgan fingerprint density at radius 1 is 1.50 bits per heavy atom. The summed E-state index contributed by atoms with van der Waals surface area (Å²) in [5.41, 5.74) is 0.955. The molecule has 0 saturated carbocycles. The number of halogens is 1. The van der Waals surface area contributed by atoms with E-state index in [2.05, 4.69) is 5.32 Å². The van der Waals surface area contributed by atoms with Gasteiger partial charge in [-0.15, -0.1) is 0 Å². The van der Waals surface area contributed by atoms with E-state index in [-0.39, 0.29) is 12.5 Å². The minimum Gasteiger partial charge on any atom is -0.493 e. The van der Waals surface area contributed by atoms with Gasteiger partial charge >= 0.3 is 0 Å². The van der Waals surface area contributed by atoms with Crippen LogP contribution in [0.2, 0.25) is 5.02 Å². The minimum atomic E-state index is 0.126. The van der Waals surface area contributed by atoms with E-state index < -0.39 is 0 Å². The van der Waals surface area contributed by atoms with Crippen LogP contribution in [0.1, 0.15) is 12.5 Å². The second-order valence-corrected chi connectivity index (χ2v) is 4.25. The Kier molecular flexibility index (Phi) is 5.60. The van der Waals surface area contributed by atoms with Crippen molar-refractivity contribution in [2.45, 2.75) is 13.5 Å². The van der Waals surface area contributed by atoms with Crippen LogP contribution >= 0.6 is 11.6 Å². The molecule has 0 bridgehead atoms. The van der Waals surface area contributed by atoms with E-state index in [1.807, 2.05) is 32.2 Å². The molecule has 16 heavy (non-hydrogen) atoms. The van der Waals surface area contributed by atoms with Gasteiger partial charge in [-0.3, -0.25) is 0 Å². The number of aliphatic hydroxyl groups excluding tert-OH is 1. The van der Waals surface area contributed by atoms with E-state index in [0.717, 1.165) is 11.3 Å². The summed E-state index contributed by atoms with van der Waals surface area (Å²) in [6.45, 7) is 3.22. The number of hydrogen-bond donors (Lipinski definition) is 2. The quantitative estimate of drug-likeness (QED) is 0.804. The lowest BCUT2D eigenvalue weighted by Crippen LogP contribution is -2.14. The minimum absolute atomic E-state index is 0.126. The van der Waals surface area contributed by atoms with Crippen molar-refractivity contribution < 1.29 is 9.84 Å². The van der Waals surface area contributed by atoms with E-state index in [1.54, 1.807) is 0 Å². The third-order valence-corrected chi connectivity index (χ3v) is 2.62. The van der Waals surface area contributed by atoms with Gasteiger partial charge in [-0.05, 0) is 19.2 Å². The lowest BCUT2D eigenvalue weighted by Gasteiger charge is -2.15. The van der Waals surface area contributed by atoms with Crippen LogP contribution in [0.15, 0.2) is 18.2 Å². The third kappa shape index (κ3) is 3.67. The summed E-state index contributed by atoms with van der Waals surface area (Å²) < 4.78 is 5.64. The highest BCUT2D eigenvalue weighted by Crippen LogP contribution is 2.26. The molecule has 3 nitrogen and oxygen atoms in total. The lowest BCUT2D eigenvalue weighted by atomic mass is 10.2. The fourth-order valence-corrected chi connectivity index (χ4v) is 1.54. The molecule has 1 aromatic rings. The van der Waals surface area contributed by atoms with Crippen molar-refractivity contribution in [2.75, 3.05) is 20.3 Å². The van der Waals surface area contributed by atoms with Crippen LogP contribution in [-0.4, -0.2) is 25.4 Å². The summed E-state index contributed by atoms with van der Waals surface area (Å²) in [5, 5.41) is 12.7. The molecule has 1 aromatic carbocycles. The zero-order chi connectivity index (χ0) is 12.0. The predicted molar refractivity (Wildman–Crippen MR) is 66.0 cm³/mol. The fourth-order valence-electron chi connectivity index (χ4n) is 1.31. The molecular weight excluding hydrogens is 226 g/mol. The topological polar surface area (TPSA) is 41.5 Å². The van der Waals surface area contributed by atoms with Crippen LogP contribution < -0.4 is 10.1 Å². The van der Waals surface area contributed by atoms with Gasteiger partial charge < -0.3 is 15.2 Å². The number of ether oxygens (including phenoxy) is 1. The summed E-state index contributed by atoms with van der Waals surface area (Å²) in [6, 6.07) is 5.60. The van der Waals surface area contributed by atoms with Crippen LogP contribution in [0.5, 0.6) is 5.75 Å². The van der Waals surface area contributed by atoms with Crippen LogP contribution in [0.4, 0.5) is 0 Å². The van der Waals surface area contributed by atoms with Gasteiger partial charge in [0.2, 0.25) is 0 Å². The molecule has 1 atom stereocenters. The van der Waals surface area contributed by atoms with Gasteiger partial charge in [-0.25, -0.2) is 0 Å². The predicted octanol–water partition coefficient (Wildman–Crippen LogP) is 2.07. The van der Waals surface area contributed by atoms with Crippen LogP contribution in [0.3, 0.4) is 0 Å². The molecule has 0 aliphatic rings. The summed E-state index contributed by atoms with van der Waals surface area (Å²) >= 11 is 6.09. The highest BCUT2D eigenvalue weighted by Gasteiger charge is 2.08. The molecule has 2 N–H and O–H groups in total. The summed E-state index contributed by atoms with van der Waals surface area (Å²) in [5.74, 6) is 0.906. The van der Waals surface area contributed by atoms with E-state index in [9.17, 15) is 0 Å². The van der Waals surface area contributed by atoms with Crippen LogP contribution in [0.25, 0.3) is 0 Å². The van der Waals surface area contributed by atoms with Crippen molar-refractivity contribution in [3.05, 3.63) is 28.8 Å². The molecule has 0 fully saturated rings. The Labute approximate surface area is 101 Å². The van der Waals surface area contributed by atoms with Gasteiger partial charge in [0.25, 0.3) is 0 Å². The molecule has 0 radical (unpaired) electrons. The van der Waals surface area contributed by atoms with Crippen molar-refractivity contribution in [1.29, 1.82) is 0 Å². The Hall–Kier alpha value is -0.770. The highest BCUT2D eigenvalue weighted by molar-refractivity contribution is 6.31. The highest BCUT2D eigenvalue weighted by atomic mass is 35.5. The Morgan fingerprint density at radius 3 is 2.88 bits per heavy atom. The number of aliphatic hydroxyl groups is 1. The van der Waals surface area contributed by atoms with E-state index in [4.69, 9.17) is 21.4 Å². The summed E-state index contributed by atoms with van der Waals surface area (Å²) in [7, 11) is 1.86. The molecule has 0 heterocycles. The molecule has 1 unspecified atom stereocenters. The SMILES string of the molecule is CNCc1c(Cl)cccc1OCC(C)CO. The monoisotopic (exact) mass is 243 g/mol. The summed E-state index contributed by atoms with van der Waals surface area (Å²) in [6.07, 6.45) is 0.